The lowest BCUT2D eigenvalue weighted by atomic mass is 10.2. The lowest BCUT2D eigenvalue weighted by molar-refractivity contribution is 0.0923. The molecule has 2 aromatic heterocycles. The van der Waals surface area contributed by atoms with Crippen molar-refractivity contribution in [2.75, 3.05) is 6.54 Å². The van der Waals surface area contributed by atoms with Crippen LogP contribution in [0.25, 0.3) is 5.52 Å². The van der Waals surface area contributed by atoms with Crippen LogP contribution in [0.1, 0.15) is 41.7 Å². The van der Waals surface area contributed by atoms with Crippen LogP contribution in [-0.2, 0) is 0 Å². The molecule has 1 aliphatic rings. The van der Waals surface area contributed by atoms with E-state index in [9.17, 15) is 9.90 Å². The van der Waals surface area contributed by atoms with Gasteiger partial charge in [0.25, 0.3) is 5.91 Å². The number of nitrogens with zero attached hydrogens (tertiary/aromatic N) is 3. The van der Waals surface area contributed by atoms with Gasteiger partial charge in [-0.25, -0.2) is 9.50 Å². The molecule has 0 aliphatic heterocycles. The Morgan fingerprint density at radius 2 is 2.27 bits per heavy atom. The summed E-state index contributed by atoms with van der Waals surface area (Å²) in [4.78, 5) is 16.5. The van der Waals surface area contributed by atoms with Crippen LogP contribution < -0.4 is 10.1 Å². The summed E-state index contributed by atoms with van der Waals surface area (Å²) >= 11 is 0. The third-order valence-corrected chi connectivity index (χ3v) is 4.24. The summed E-state index contributed by atoms with van der Waals surface area (Å²) in [5.41, 5.74) is 2.33. The summed E-state index contributed by atoms with van der Waals surface area (Å²) in [5.74, 6) is 1.25. The third-order valence-electron chi connectivity index (χ3n) is 4.24. The number of carbonyl (C=O) groups excluding carboxylic acids is 1. The van der Waals surface area contributed by atoms with Crippen molar-refractivity contribution in [3.63, 3.8) is 0 Å². The molecule has 26 heavy (non-hydrogen) atoms. The number of aromatic nitrogens is 3. The van der Waals surface area contributed by atoms with E-state index < -0.39 is 6.10 Å². The summed E-state index contributed by atoms with van der Waals surface area (Å²) in [6, 6.07) is 8.88. The number of nitrogens with one attached hydrogen (secondary N) is 1. The van der Waals surface area contributed by atoms with Gasteiger partial charge in [0.15, 0.2) is 0 Å². The summed E-state index contributed by atoms with van der Waals surface area (Å²) < 4.78 is 7.69. The van der Waals surface area contributed by atoms with Gasteiger partial charge >= 0.3 is 0 Å². The lowest BCUT2D eigenvalue weighted by Crippen LogP contribution is -2.30. The molecule has 1 aromatic carbocycles. The molecular formula is C19H20N4O3. The largest absolute Gasteiger partial charge is 0.437 e. The minimum absolute atomic E-state index is 0.199. The Morgan fingerprint density at radius 1 is 1.42 bits per heavy atom. The Balaban J connectivity index is 1.56. The number of hydrogen-bond donors (Lipinski definition) is 2. The van der Waals surface area contributed by atoms with Crippen LogP contribution in [0.2, 0.25) is 0 Å². The fourth-order valence-electron chi connectivity index (χ4n) is 2.73. The predicted molar refractivity (Wildman–Crippen MR) is 95.5 cm³/mol. The minimum Gasteiger partial charge on any atom is -0.437 e. The van der Waals surface area contributed by atoms with Crippen molar-refractivity contribution in [2.45, 2.75) is 31.8 Å². The predicted octanol–water partition coefficient (Wildman–Crippen LogP) is 2.51. The number of carbonyl (C=O) groups is 1. The Bertz CT molecular complexity index is 947. The molecule has 0 radical (unpaired) electrons. The normalized spacial score (nSPS) is 15.0. The van der Waals surface area contributed by atoms with Crippen molar-refractivity contribution < 1.29 is 14.6 Å². The van der Waals surface area contributed by atoms with Gasteiger partial charge in [0, 0.05) is 30.4 Å². The highest BCUT2D eigenvalue weighted by Gasteiger charge is 2.27. The van der Waals surface area contributed by atoms with Crippen LogP contribution in [0.5, 0.6) is 11.6 Å². The maximum absolute atomic E-state index is 12.1. The highest BCUT2D eigenvalue weighted by Crippen LogP contribution is 2.40. The first kappa shape index (κ1) is 16.5. The van der Waals surface area contributed by atoms with Crippen LogP contribution in [0.4, 0.5) is 0 Å². The highest BCUT2D eigenvalue weighted by molar-refractivity contribution is 5.94. The highest BCUT2D eigenvalue weighted by atomic mass is 16.5. The number of hydrogen-bond acceptors (Lipinski definition) is 5. The minimum atomic E-state index is -0.595. The third kappa shape index (κ3) is 3.52. The van der Waals surface area contributed by atoms with E-state index in [0.717, 1.165) is 11.2 Å². The van der Waals surface area contributed by atoms with E-state index in [1.807, 2.05) is 6.07 Å². The Kier molecular flexibility index (Phi) is 4.30. The first-order valence-corrected chi connectivity index (χ1v) is 8.68. The van der Waals surface area contributed by atoms with E-state index in [-0.39, 0.29) is 12.5 Å². The maximum atomic E-state index is 12.1. The Labute approximate surface area is 150 Å². The van der Waals surface area contributed by atoms with Crippen molar-refractivity contribution in [1.29, 1.82) is 0 Å². The second-order valence-corrected chi connectivity index (χ2v) is 6.59. The number of ether oxygens (including phenoxy) is 1. The van der Waals surface area contributed by atoms with Crippen LogP contribution in [0, 0.1) is 0 Å². The molecule has 1 saturated carbocycles. The second kappa shape index (κ2) is 6.76. The fourth-order valence-corrected chi connectivity index (χ4v) is 2.73. The molecule has 2 N–H and O–H groups in total. The van der Waals surface area contributed by atoms with Gasteiger partial charge in [-0.15, -0.1) is 0 Å². The molecule has 0 spiro atoms. The van der Waals surface area contributed by atoms with Crippen molar-refractivity contribution in [1.82, 2.24) is 19.9 Å². The van der Waals surface area contributed by atoms with E-state index in [2.05, 4.69) is 15.4 Å². The van der Waals surface area contributed by atoms with E-state index in [4.69, 9.17) is 4.74 Å². The van der Waals surface area contributed by atoms with Crippen LogP contribution in [-0.4, -0.2) is 38.3 Å². The van der Waals surface area contributed by atoms with Gasteiger partial charge in [0.05, 0.1) is 11.8 Å². The molecule has 0 bridgehead atoms. The molecule has 1 amide bonds. The zero-order valence-corrected chi connectivity index (χ0v) is 14.4. The quantitative estimate of drug-likeness (QED) is 0.712. The molecule has 0 saturated heterocycles. The standard InChI is InChI=1S/C19H20N4O3/c1-12(24)11-21-18(25)14-3-2-4-15(9-14)26-19-17-10-16(13-5-6-13)22-23(17)8-7-20-19/h2-4,7-10,12-13,24H,5-6,11H2,1H3,(H,21,25). The first-order valence-electron chi connectivity index (χ1n) is 8.68. The molecule has 4 rings (SSSR count). The van der Waals surface area contributed by atoms with Crippen LogP contribution >= 0.6 is 0 Å². The van der Waals surface area contributed by atoms with Crippen LogP contribution in [0.15, 0.2) is 42.7 Å². The summed E-state index contributed by atoms with van der Waals surface area (Å²) in [6.07, 6.45) is 5.20. The van der Waals surface area contributed by atoms with Crippen molar-refractivity contribution in [3.05, 3.63) is 54.0 Å². The average molecular weight is 352 g/mol. The SMILES string of the molecule is CC(O)CNC(=O)c1cccc(Oc2nccn3nc(C4CC4)cc23)c1. The monoisotopic (exact) mass is 352 g/mol. The summed E-state index contributed by atoms with van der Waals surface area (Å²) in [5, 5.41) is 16.5. The van der Waals surface area contributed by atoms with E-state index >= 15 is 0 Å². The molecule has 1 unspecified atom stereocenters. The number of amides is 1. The van der Waals surface area contributed by atoms with Crippen molar-refractivity contribution in [2.24, 2.45) is 0 Å². The van der Waals surface area contributed by atoms with Gasteiger partial charge in [-0.3, -0.25) is 4.79 Å². The van der Waals surface area contributed by atoms with Gasteiger partial charge in [-0.1, -0.05) is 6.07 Å². The maximum Gasteiger partial charge on any atom is 0.251 e. The summed E-state index contributed by atoms with van der Waals surface area (Å²) in [7, 11) is 0. The molecule has 1 atom stereocenters. The fraction of sp³-hybridized carbons (Fsp3) is 0.316. The Morgan fingerprint density at radius 3 is 3.04 bits per heavy atom. The second-order valence-electron chi connectivity index (χ2n) is 6.59. The zero-order chi connectivity index (χ0) is 18.1. The van der Waals surface area contributed by atoms with Crippen LogP contribution in [0.3, 0.4) is 0 Å². The Hall–Kier alpha value is -2.93. The zero-order valence-electron chi connectivity index (χ0n) is 14.4. The van der Waals surface area contributed by atoms with Gasteiger partial charge in [0.2, 0.25) is 5.88 Å². The number of aliphatic hydroxyl groups is 1. The van der Waals surface area contributed by atoms with Crippen molar-refractivity contribution >= 4 is 11.4 Å². The molecule has 3 aromatic rings. The van der Waals surface area contributed by atoms with E-state index in [0.29, 0.717) is 23.1 Å². The van der Waals surface area contributed by atoms with Gasteiger partial charge in [0.1, 0.15) is 11.3 Å². The summed E-state index contributed by atoms with van der Waals surface area (Å²) in [6.45, 7) is 1.82. The molecule has 134 valence electrons. The number of fused-ring (bicyclic) bond motifs is 1. The number of rotatable bonds is 6. The van der Waals surface area contributed by atoms with Gasteiger partial charge < -0.3 is 15.2 Å². The topological polar surface area (TPSA) is 88.8 Å². The van der Waals surface area contributed by atoms with Gasteiger partial charge in [-0.2, -0.15) is 5.10 Å². The van der Waals surface area contributed by atoms with Crippen molar-refractivity contribution in [3.8, 4) is 11.6 Å². The molecule has 7 nitrogen and oxygen atoms in total. The first-order chi connectivity index (χ1) is 12.6. The molecular weight excluding hydrogens is 332 g/mol. The lowest BCUT2D eigenvalue weighted by Gasteiger charge is -2.09. The van der Waals surface area contributed by atoms with E-state index in [1.54, 1.807) is 48.1 Å². The number of aliphatic hydroxyl groups excluding tert-OH is 1. The molecule has 7 heteroatoms. The smallest absolute Gasteiger partial charge is 0.251 e. The van der Waals surface area contributed by atoms with Gasteiger partial charge in [-0.05, 0) is 44.0 Å². The van der Waals surface area contributed by atoms with E-state index in [1.165, 1.54) is 12.8 Å². The number of benzene rings is 1. The average Bonchev–Trinajstić information content (AvgIpc) is 3.39. The molecule has 1 fully saturated rings. The molecule has 2 heterocycles. The molecule has 1 aliphatic carbocycles.